The van der Waals surface area contributed by atoms with Crippen LogP contribution in [0.4, 0.5) is 0 Å². The van der Waals surface area contributed by atoms with Gasteiger partial charge >= 0.3 is 0 Å². The van der Waals surface area contributed by atoms with E-state index in [0.29, 0.717) is 19.7 Å². The van der Waals surface area contributed by atoms with E-state index in [-0.39, 0.29) is 17.0 Å². The van der Waals surface area contributed by atoms with Crippen molar-refractivity contribution in [2.45, 2.75) is 19.7 Å². The zero-order valence-electron chi connectivity index (χ0n) is 14.3. The number of nitrogens with zero attached hydrogens (tertiary/aromatic N) is 1. The van der Waals surface area contributed by atoms with Gasteiger partial charge in [0.25, 0.3) is 11.5 Å². The number of aromatic nitrogens is 1. The van der Waals surface area contributed by atoms with Crippen LogP contribution >= 0.6 is 0 Å². The van der Waals surface area contributed by atoms with Gasteiger partial charge in [0.15, 0.2) is 0 Å². The Labute approximate surface area is 141 Å². The number of carbonyl (C=O) groups is 1. The molecule has 0 radical (unpaired) electrons. The highest BCUT2D eigenvalue weighted by molar-refractivity contribution is 5.93. The minimum absolute atomic E-state index is 0.151. The molecule has 2 aromatic rings. The summed E-state index contributed by atoms with van der Waals surface area (Å²) in [4.78, 5) is 24.6. The fraction of sp³-hybridized carbons (Fsp3) is 0.333. The van der Waals surface area contributed by atoms with Crippen molar-refractivity contribution in [3.05, 3.63) is 69.1 Å². The molecule has 0 fully saturated rings. The number of rotatable bonds is 7. The van der Waals surface area contributed by atoms with Gasteiger partial charge in [0.05, 0.1) is 13.2 Å². The molecule has 0 unspecified atom stereocenters. The Morgan fingerprint density at radius 3 is 2.58 bits per heavy atom. The van der Waals surface area contributed by atoms with Crippen molar-refractivity contribution >= 4 is 5.91 Å². The van der Waals surface area contributed by atoms with E-state index in [0.717, 1.165) is 16.7 Å². The Morgan fingerprint density at radius 1 is 1.17 bits per heavy atom. The van der Waals surface area contributed by atoms with E-state index >= 15 is 0 Å². The summed E-state index contributed by atoms with van der Waals surface area (Å²) in [7, 11) is 4.99. The Morgan fingerprint density at radius 2 is 1.92 bits per heavy atom. The second kappa shape index (κ2) is 8.42. The van der Waals surface area contributed by atoms with Gasteiger partial charge in [0, 0.05) is 26.9 Å². The van der Waals surface area contributed by atoms with Crippen LogP contribution in [0.2, 0.25) is 0 Å². The first-order valence-corrected chi connectivity index (χ1v) is 7.75. The maximum absolute atomic E-state index is 12.6. The fourth-order valence-electron chi connectivity index (χ4n) is 2.59. The number of amides is 1. The van der Waals surface area contributed by atoms with E-state index < -0.39 is 0 Å². The van der Waals surface area contributed by atoms with Crippen LogP contribution in [0.5, 0.6) is 0 Å². The lowest BCUT2D eigenvalue weighted by Gasteiger charge is -2.12. The molecule has 0 aliphatic carbocycles. The summed E-state index contributed by atoms with van der Waals surface area (Å²) in [5.74, 6) is -0.375. The molecule has 24 heavy (non-hydrogen) atoms. The van der Waals surface area contributed by atoms with Crippen molar-refractivity contribution in [3.63, 3.8) is 0 Å². The third kappa shape index (κ3) is 4.31. The smallest absolute Gasteiger partial charge is 0.263 e. The van der Waals surface area contributed by atoms with Crippen LogP contribution < -0.4 is 16.2 Å². The molecule has 1 amide bonds. The van der Waals surface area contributed by atoms with Crippen molar-refractivity contribution in [3.8, 4) is 0 Å². The predicted octanol–water partition coefficient (Wildman–Crippen LogP) is 1.12. The first-order chi connectivity index (χ1) is 11.6. The van der Waals surface area contributed by atoms with Gasteiger partial charge in [-0.25, -0.2) is 0 Å². The minimum atomic E-state index is -0.375. The molecule has 1 heterocycles. The summed E-state index contributed by atoms with van der Waals surface area (Å²) in [6.07, 6.45) is 1.79. The van der Waals surface area contributed by atoms with Gasteiger partial charge in [-0.3, -0.25) is 9.59 Å². The van der Waals surface area contributed by atoms with E-state index in [2.05, 4.69) is 10.6 Å². The summed E-state index contributed by atoms with van der Waals surface area (Å²) < 4.78 is 6.72. The summed E-state index contributed by atoms with van der Waals surface area (Å²) in [6.45, 7) is 1.50. The van der Waals surface area contributed by atoms with Gasteiger partial charge in [-0.1, -0.05) is 24.3 Å². The lowest BCUT2D eigenvalue weighted by atomic mass is 10.1. The van der Waals surface area contributed by atoms with Gasteiger partial charge < -0.3 is 19.9 Å². The highest BCUT2D eigenvalue weighted by Gasteiger charge is 2.13. The van der Waals surface area contributed by atoms with Crippen molar-refractivity contribution in [1.82, 2.24) is 15.2 Å². The quantitative estimate of drug-likeness (QED) is 0.798. The topological polar surface area (TPSA) is 72.4 Å². The Kier molecular flexibility index (Phi) is 6.28. The van der Waals surface area contributed by atoms with Crippen LogP contribution in [0.25, 0.3) is 0 Å². The molecular formula is C18H23N3O3. The third-order valence-corrected chi connectivity index (χ3v) is 3.65. The van der Waals surface area contributed by atoms with E-state index in [1.54, 1.807) is 23.9 Å². The molecule has 2 rings (SSSR count). The number of benzene rings is 1. The standard InChI is InChI=1S/C18H23N3O3/c1-19-9-15-8-16(17(22)20-2)18(23)21(11-15)10-13-5-4-6-14(7-13)12-24-3/h4-8,11,19H,9-10,12H2,1-3H3,(H,20,22). The number of pyridine rings is 1. The van der Waals surface area contributed by atoms with Crippen molar-refractivity contribution in [1.29, 1.82) is 0 Å². The normalized spacial score (nSPS) is 10.6. The summed E-state index contributed by atoms with van der Waals surface area (Å²) >= 11 is 0. The van der Waals surface area contributed by atoms with Gasteiger partial charge in [-0.05, 0) is 29.8 Å². The van der Waals surface area contributed by atoms with Crippen molar-refractivity contribution < 1.29 is 9.53 Å². The molecule has 0 saturated carbocycles. The molecule has 1 aromatic heterocycles. The molecule has 0 aliphatic heterocycles. The van der Waals surface area contributed by atoms with Crippen LogP contribution in [-0.2, 0) is 24.4 Å². The number of carbonyl (C=O) groups excluding carboxylic acids is 1. The van der Waals surface area contributed by atoms with Gasteiger partial charge in [-0.15, -0.1) is 0 Å². The number of ether oxygens (including phenoxy) is 1. The monoisotopic (exact) mass is 329 g/mol. The van der Waals surface area contributed by atoms with Gasteiger partial charge in [0.1, 0.15) is 5.56 Å². The van der Waals surface area contributed by atoms with Crippen LogP contribution in [0, 0.1) is 0 Å². The molecule has 0 spiro atoms. The molecule has 6 nitrogen and oxygen atoms in total. The minimum Gasteiger partial charge on any atom is -0.380 e. The van der Waals surface area contributed by atoms with Crippen LogP contribution in [0.15, 0.2) is 41.3 Å². The summed E-state index contributed by atoms with van der Waals surface area (Å²) in [6, 6.07) is 9.50. The summed E-state index contributed by atoms with van der Waals surface area (Å²) in [5.41, 5.74) is 2.76. The maximum Gasteiger partial charge on any atom is 0.263 e. The molecule has 0 aliphatic rings. The Hall–Kier alpha value is -2.44. The third-order valence-electron chi connectivity index (χ3n) is 3.65. The molecule has 0 atom stereocenters. The highest BCUT2D eigenvalue weighted by Crippen LogP contribution is 2.09. The molecule has 0 bridgehead atoms. The molecule has 6 heteroatoms. The maximum atomic E-state index is 12.6. The number of hydrogen-bond donors (Lipinski definition) is 2. The van der Waals surface area contributed by atoms with Crippen LogP contribution in [-0.4, -0.2) is 31.7 Å². The van der Waals surface area contributed by atoms with Crippen molar-refractivity contribution in [2.24, 2.45) is 0 Å². The molecular weight excluding hydrogens is 306 g/mol. The average Bonchev–Trinajstić information content (AvgIpc) is 2.58. The zero-order chi connectivity index (χ0) is 17.5. The van der Waals surface area contributed by atoms with E-state index in [4.69, 9.17) is 4.74 Å². The molecule has 128 valence electrons. The molecule has 1 aromatic carbocycles. The van der Waals surface area contributed by atoms with E-state index in [9.17, 15) is 9.59 Å². The zero-order valence-corrected chi connectivity index (χ0v) is 14.3. The van der Waals surface area contributed by atoms with Crippen molar-refractivity contribution in [2.75, 3.05) is 21.2 Å². The Balaban J connectivity index is 2.41. The van der Waals surface area contributed by atoms with E-state index in [1.165, 1.54) is 7.05 Å². The summed E-state index contributed by atoms with van der Waals surface area (Å²) in [5, 5.41) is 5.56. The fourth-order valence-corrected chi connectivity index (χ4v) is 2.59. The predicted molar refractivity (Wildman–Crippen MR) is 93.1 cm³/mol. The van der Waals surface area contributed by atoms with Gasteiger partial charge in [-0.2, -0.15) is 0 Å². The SMILES string of the molecule is CNCc1cc(C(=O)NC)c(=O)n(Cc2cccc(COC)c2)c1. The second-order valence-corrected chi connectivity index (χ2v) is 5.56. The molecule has 0 saturated heterocycles. The van der Waals surface area contributed by atoms with E-state index in [1.807, 2.05) is 31.3 Å². The first-order valence-electron chi connectivity index (χ1n) is 7.75. The lowest BCUT2D eigenvalue weighted by Crippen LogP contribution is -2.32. The average molecular weight is 329 g/mol. The number of nitrogens with one attached hydrogen (secondary N) is 2. The lowest BCUT2D eigenvalue weighted by molar-refractivity contribution is 0.0961. The Bertz CT molecular complexity index is 768. The number of methoxy groups -OCH3 is 1. The first kappa shape index (κ1) is 17.9. The number of hydrogen-bond acceptors (Lipinski definition) is 4. The van der Waals surface area contributed by atoms with Crippen LogP contribution in [0.3, 0.4) is 0 Å². The van der Waals surface area contributed by atoms with Gasteiger partial charge in [0.2, 0.25) is 0 Å². The van der Waals surface area contributed by atoms with Crippen LogP contribution in [0.1, 0.15) is 27.0 Å². The highest BCUT2D eigenvalue weighted by atomic mass is 16.5. The molecule has 2 N–H and O–H groups in total. The second-order valence-electron chi connectivity index (χ2n) is 5.56. The largest absolute Gasteiger partial charge is 0.380 e.